The van der Waals surface area contributed by atoms with Gasteiger partial charge in [0.2, 0.25) is 11.8 Å². The van der Waals surface area contributed by atoms with Crippen molar-refractivity contribution in [1.29, 1.82) is 0 Å². The standard InChI is InChI=1S/C40H54N4O14/c1-24(55-39-34(41-25(2)45)36(57-28(5)48)35(56-27(4)47)32(58-39)23-53-26(3)46)33(43-40(51)54-22-30-17-13-10-14-18-30)37(49)42-31(21-29-15-11-9-12-16-29)38(50)52-20-19-44(6,7)8/h9-18,24,31-36,39H,19-23H2,1-8H3,(H2-,41,42,43,45,49,51)/p+1/t24-,31+,32-,33+,34-,35-,36-,39-/m1/s1. The van der Waals surface area contributed by atoms with Crippen LogP contribution in [-0.4, -0.2) is 136 Å². The molecular weight excluding hydrogens is 760 g/mol. The second-order valence-electron chi connectivity index (χ2n) is 14.7. The van der Waals surface area contributed by atoms with Crippen molar-refractivity contribution in [3.05, 3.63) is 71.8 Å². The summed E-state index contributed by atoms with van der Waals surface area (Å²) in [6, 6.07) is 13.5. The number of alkyl carbamates (subject to hydrolysis) is 1. The molecule has 0 unspecified atom stereocenters. The lowest BCUT2D eigenvalue weighted by Gasteiger charge is -2.45. The number of nitrogens with one attached hydrogen (secondary N) is 3. The number of nitrogens with zero attached hydrogens (tertiary/aromatic N) is 1. The zero-order chi connectivity index (χ0) is 43.0. The molecular formula is C40H55N4O14+. The van der Waals surface area contributed by atoms with Crippen LogP contribution in [0.2, 0.25) is 0 Å². The van der Waals surface area contributed by atoms with Gasteiger partial charge in [0.1, 0.15) is 50.6 Å². The van der Waals surface area contributed by atoms with E-state index in [-0.39, 0.29) is 19.6 Å². The van der Waals surface area contributed by atoms with E-state index in [0.29, 0.717) is 22.2 Å². The molecule has 1 aliphatic rings. The molecule has 0 aromatic heterocycles. The third-order valence-corrected chi connectivity index (χ3v) is 8.55. The molecule has 3 amide bonds. The molecule has 318 valence electrons. The number of benzene rings is 2. The Balaban J connectivity index is 2.00. The van der Waals surface area contributed by atoms with Gasteiger partial charge in [-0.2, -0.15) is 0 Å². The number of carbonyl (C=O) groups excluding carboxylic acids is 7. The molecule has 1 saturated heterocycles. The van der Waals surface area contributed by atoms with E-state index in [9.17, 15) is 33.6 Å². The summed E-state index contributed by atoms with van der Waals surface area (Å²) in [6.07, 6.45) is -8.10. The number of likely N-dealkylation sites (N-methyl/N-ethyl adjacent to an activating group) is 1. The molecule has 0 saturated carbocycles. The van der Waals surface area contributed by atoms with Crippen LogP contribution in [-0.2, 0) is 75.0 Å². The van der Waals surface area contributed by atoms with Gasteiger partial charge in [-0.25, -0.2) is 9.59 Å². The Morgan fingerprint density at radius 1 is 0.741 bits per heavy atom. The lowest BCUT2D eigenvalue weighted by Crippen LogP contribution is -2.67. The Bertz CT molecular complexity index is 1700. The number of rotatable bonds is 19. The van der Waals surface area contributed by atoms with Crippen molar-refractivity contribution in [2.24, 2.45) is 0 Å². The summed E-state index contributed by atoms with van der Waals surface area (Å²) < 4.78 is 40.1. The van der Waals surface area contributed by atoms with Crippen LogP contribution >= 0.6 is 0 Å². The van der Waals surface area contributed by atoms with Crippen LogP contribution in [0.1, 0.15) is 45.7 Å². The smallest absolute Gasteiger partial charge is 0.408 e. The average molecular weight is 816 g/mol. The summed E-state index contributed by atoms with van der Waals surface area (Å²) in [5, 5.41) is 7.80. The van der Waals surface area contributed by atoms with E-state index in [0.717, 1.165) is 20.8 Å². The van der Waals surface area contributed by atoms with Gasteiger partial charge in [0.25, 0.3) is 0 Å². The van der Waals surface area contributed by atoms with Gasteiger partial charge in [-0.3, -0.25) is 24.0 Å². The second kappa shape index (κ2) is 22.4. The number of amides is 3. The molecule has 0 radical (unpaired) electrons. The van der Waals surface area contributed by atoms with E-state index in [1.807, 2.05) is 21.1 Å². The summed E-state index contributed by atoms with van der Waals surface area (Å²) in [5.74, 6) is -4.57. The Kier molecular flexibility index (Phi) is 18.1. The number of esters is 4. The van der Waals surface area contributed by atoms with E-state index in [4.69, 9.17) is 33.2 Å². The second-order valence-corrected chi connectivity index (χ2v) is 14.7. The largest absolute Gasteiger partial charge is 0.463 e. The SMILES string of the molecule is CC(=O)N[C@H]1[C@H](O[C@H](C)[C@H](NC(=O)OCc2ccccc2)C(=O)N[C@@H](Cc2ccccc2)C(=O)OCC[N+](C)(C)C)O[C@H](COC(C)=O)[C@@H](OC(C)=O)[C@@H]1OC(C)=O. The third-order valence-electron chi connectivity index (χ3n) is 8.55. The molecule has 3 rings (SSSR count). The van der Waals surface area contributed by atoms with Crippen molar-refractivity contribution in [3.63, 3.8) is 0 Å². The van der Waals surface area contributed by atoms with Gasteiger partial charge in [-0.15, -0.1) is 0 Å². The number of quaternary nitrogens is 1. The van der Waals surface area contributed by atoms with Crippen LogP contribution < -0.4 is 16.0 Å². The summed E-state index contributed by atoms with van der Waals surface area (Å²) in [6.45, 7) is 5.80. The molecule has 0 bridgehead atoms. The topological polar surface area (TPSA) is 220 Å². The summed E-state index contributed by atoms with van der Waals surface area (Å²) >= 11 is 0. The fourth-order valence-electron chi connectivity index (χ4n) is 5.81. The first-order valence-corrected chi connectivity index (χ1v) is 18.7. The van der Waals surface area contributed by atoms with Crippen molar-refractivity contribution in [2.45, 2.75) is 96.5 Å². The predicted octanol–water partition coefficient (Wildman–Crippen LogP) is 1.32. The fraction of sp³-hybridized carbons (Fsp3) is 0.525. The minimum absolute atomic E-state index is 0.0337. The van der Waals surface area contributed by atoms with Gasteiger partial charge in [-0.1, -0.05) is 60.7 Å². The predicted molar refractivity (Wildman–Crippen MR) is 204 cm³/mol. The molecule has 3 N–H and O–H groups in total. The molecule has 58 heavy (non-hydrogen) atoms. The van der Waals surface area contributed by atoms with Crippen LogP contribution in [0, 0.1) is 0 Å². The zero-order valence-corrected chi connectivity index (χ0v) is 34.1. The Labute approximate surface area is 337 Å². The molecule has 0 aliphatic carbocycles. The number of carbonyl (C=O) groups is 7. The first-order valence-electron chi connectivity index (χ1n) is 18.7. The molecule has 8 atom stereocenters. The van der Waals surface area contributed by atoms with Crippen LogP contribution in [0.15, 0.2) is 60.7 Å². The first kappa shape index (κ1) is 46.8. The molecule has 1 fully saturated rings. The lowest BCUT2D eigenvalue weighted by molar-refractivity contribution is -0.870. The normalized spacial score (nSPS) is 20.5. The Hall–Kier alpha value is -5.59. The van der Waals surface area contributed by atoms with E-state index < -0.39 is 97.2 Å². The van der Waals surface area contributed by atoms with Gasteiger partial charge < -0.3 is 53.6 Å². The quantitative estimate of drug-likeness (QED) is 0.104. The summed E-state index contributed by atoms with van der Waals surface area (Å²) in [5.41, 5.74) is 1.37. The van der Waals surface area contributed by atoms with Gasteiger partial charge in [0.15, 0.2) is 18.5 Å². The highest BCUT2D eigenvalue weighted by molar-refractivity contribution is 5.90. The number of ether oxygens (including phenoxy) is 7. The minimum Gasteiger partial charge on any atom is -0.463 e. The molecule has 18 heteroatoms. The molecule has 2 aromatic rings. The van der Waals surface area contributed by atoms with Crippen molar-refractivity contribution in [1.82, 2.24) is 16.0 Å². The summed E-state index contributed by atoms with van der Waals surface area (Å²) in [7, 11) is 5.80. The Morgan fingerprint density at radius 2 is 1.33 bits per heavy atom. The van der Waals surface area contributed by atoms with Gasteiger partial charge in [0, 0.05) is 34.1 Å². The van der Waals surface area contributed by atoms with Crippen molar-refractivity contribution in [3.8, 4) is 0 Å². The van der Waals surface area contributed by atoms with Crippen LogP contribution in [0.5, 0.6) is 0 Å². The highest BCUT2D eigenvalue weighted by Gasteiger charge is 2.52. The Morgan fingerprint density at radius 3 is 1.88 bits per heavy atom. The van der Waals surface area contributed by atoms with Crippen molar-refractivity contribution >= 4 is 41.8 Å². The van der Waals surface area contributed by atoms with E-state index in [2.05, 4.69) is 16.0 Å². The highest BCUT2D eigenvalue weighted by Crippen LogP contribution is 2.29. The van der Waals surface area contributed by atoms with E-state index >= 15 is 0 Å². The first-order chi connectivity index (χ1) is 27.3. The minimum atomic E-state index is -1.60. The van der Waals surface area contributed by atoms with E-state index in [1.54, 1.807) is 60.7 Å². The van der Waals surface area contributed by atoms with E-state index in [1.165, 1.54) is 13.8 Å². The maximum absolute atomic E-state index is 14.3. The number of hydrogen-bond acceptors (Lipinski definition) is 14. The molecule has 0 spiro atoms. The van der Waals surface area contributed by atoms with Crippen molar-refractivity contribution in [2.75, 3.05) is 40.9 Å². The summed E-state index contributed by atoms with van der Waals surface area (Å²) in [4.78, 5) is 90.0. The highest BCUT2D eigenvalue weighted by atomic mass is 16.7. The fourth-order valence-corrected chi connectivity index (χ4v) is 5.81. The van der Waals surface area contributed by atoms with Gasteiger partial charge in [0.05, 0.1) is 27.2 Å². The van der Waals surface area contributed by atoms with Crippen LogP contribution in [0.4, 0.5) is 4.79 Å². The van der Waals surface area contributed by atoms with Gasteiger partial charge >= 0.3 is 30.0 Å². The van der Waals surface area contributed by atoms with Crippen molar-refractivity contribution < 1.29 is 71.2 Å². The zero-order valence-electron chi connectivity index (χ0n) is 34.1. The van der Waals surface area contributed by atoms with Crippen LogP contribution in [0.25, 0.3) is 0 Å². The monoisotopic (exact) mass is 815 g/mol. The lowest BCUT2D eigenvalue weighted by atomic mass is 9.95. The molecule has 2 aromatic carbocycles. The number of hydrogen-bond donors (Lipinski definition) is 3. The van der Waals surface area contributed by atoms with Crippen LogP contribution in [0.3, 0.4) is 0 Å². The van der Waals surface area contributed by atoms with Gasteiger partial charge in [-0.05, 0) is 18.1 Å². The maximum atomic E-state index is 14.3. The molecule has 1 aliphatic heterocycles. The molecule has 18 nitrogen and oxygen atoms in total. The maximum Gasteiger partial charge on any atom is 0.408 e. The average Bonchev–Trinajstić information content (AvgIpc) is 3.14. The third kappa shape index (κ3) is 16.1. The molecule has 1 heterocycles.